The van der Waals surface area contributed by atoms with Gasteiger partial charge in [-0.15, -0.1) is 0 Å². The molecule has 2 unspecified atom stereocenters. The number of rotatable bonds is 5. The fourth-order valence-corrected chi connectivity index (χ4v) is 2.05. The second-order valence-electron chi connectivity index (χ2n) is 4.28. The van der Waals surface area contributed by atoms with Gasteiger partial charge in [0.2, 0.25) is 0 Å². The Labute approximate surface area is 111 Å². The summed E-state index contributed by atoms with van der Waals surface area (Å²) in [5, 5.41) is 1.54. The van der Waals surface area contributed by atoms with Crippen molar-refractivity contribution < 1.29 is 4.74 Å². The molecule has 0 radical (unpaired) electrons. The van der Waals surface area contributed by atoms with E-state index in [1.165, 1.54) is 0 Å². The number of ether oxygens (including phenoxy) is 1. The highest BCUT2D eigenvalue weighted by Crippen LogP contribution is 2.25. The predicted molar refractivity (Wildman–Crippen MR) is 73.4 cm³/mol. The van der Waals surface area contributed by atoms with Crippen molar-refractivity contribution in [1.29, 1.82) is 0 Å². The summed E-state index contributed by atoms with van der Waals surface area (Å²) in [6.07, 6.45) is 0.303. The molecule has 1 rings (SSSR count). The molecule has 3 heteroatoms. The van der Waals surface area contributed by atoms with E-state index >= 15 is 0 Å². The van der Waals surface area contributed by atoms with E-state index in [0.29, 0.717) is 5.92 Å². The van der Waals surface area contributed by atoms with Crippen LogP contribution in [-0.4, -0.2) is 11.4 Å². The van der Waals surface area contributed by atoms with Gasteiger partial charge in [0.15, 0.2) is 0 Å². The zero-order valence-corrected chi connectivity index (χ0v) is 12.3. The summed E-state index contributed by atoms with van der Waals surface area (Å²) >= 11 is 9.46. The Morgan fingerprint density at radius 1 is 1.31 bits per heavy atom. The lowest BCUT2D eigenvalue weighted by molar-refractivity contribution is -0.0142. The molecule has 0 aromatic heterocycles. The first kappa shape index (κ1) is 14.0. The van der Waals surface area contributed by atoms with Crippen molar-refractivity contribution >= 4 is 27.5 Å². The second kappa shape index (κ2) is 6.63. The third kappa shape index (κ3) is 4.08. The van der Waals surface area contributed by atoms with E-state index < -0.39 is 0 Å². The molecule has 0 fully saturated rings. The molecular formula is C13H18BrClO. The summed E-state index contributed by atoms with van der Waals surface area (Å²) in [5.41, 5.74) is 1.12. The minimum atomic E-state index is 0.0658. The highest BCUT2D eigenvalue weighted by atomic mass is 79.9. The van der Waals surface area contributed by atoms with Crippen LogP contribution < -0.4 is 0 Å². The minimum Gasteiger partial charge on any atom is -0.369 e. The first-order valence-electron chi connectivity index (χ1n) is 5.51. The number of halogens is 2. The lowest BCUT2D eigenvalue weighted by atomic mass is 10.1. The van der Waals surface area contributed by atoms with Gasteiger partial charge in [-0.05, 0) is 30.5 Å². The molecule has 0 N–H and O–H groups in total. The van der Waals surface area contributed by atoms with Gasteiger partial charge in [0.05, 0.1) is 12.2 Å². The fraction of sp³-hybridized carbons (Fsp3) is 0.538. The van der Waals surface area contributed by atoms with E-state index in [4.69, 9.17) is 16.3 Å². The molecule has 0 saturated carbocycles. The number of benzene rings is 1. The quantitative estimate of drug-likeness (QED) is 0.708. The van der Waals surface area contributed by atoms with Crippen LogP contribution in [0.3, 0.4) is 0 Å². The van der Waals surface area contributed by atoms with Crippen molar-refractivity contribution in [2.24, 2.45) is 5.92 Å². The van der Waals surface area contributed by atoms with Gasteiger partial charge in [0, 0.05) is 10.4 Å². The maximum absolute atomic E-state index is 6.00. The van der Waals surface area contributed by atoms with Crippen LogP contribution >= 0.6 is 27.5 Å². The molecule has 0 aliphatic heterocycles. The SMILES string of the molecule is CC(C)C(C)OC(CBr)c1cccc(Cl)c1. The highest BCUT2D eigenvalue weighted by Gasteiger charge is 2.16. The third-order valence-electron chi connectivity index (χ3n) is 2.68. The summed E-state index contributed by atoms with van der Waals surface area (Å²) in [5.74, 6) is 0.515. The van der Waals surface area contributed by atoms with Crippen LogP contribution in [0, 0.1) is 5.92 Å². The molecule has 1 aromatic carbocycles. The average Bonchev–Trinajstić information content (AvgIpc) is 2.25. The topological polar surface area (TPSA) is 9.23 Å². The molecule has 90 valence electrons. The van der Waals surface area contributed by atoms with Gasteiger partial charge in [-0.25, -0.2) is 0 Å². The Balaban J connectivity index is 2.74. The van der Waals surface area contributed by atoms with Crippen LogP contribution in [0.5, 0.6) is 0 Å². The van der Waals surface area contributed by atoms with Crippen molar-refractivity contribution in [3.05, 3.63) is 34.9 Å². The molecule has 1 nitrogen and oxygen atoms in total. The van der Waals surface area contributed by atoms with Gasteiger partial charge in [-0.2, -0.15) is 0 Å². The van der Waals surface area contributed by atoms with Gasteiger partial charge in [0.25, 0.3) is 0 Å². The van der Waals surface area contributed by atoms with E-state index in [-0.39, 0.29) is 12.2 Å². The molecular weight excluding hydrogens is 287 g/mol. The lowest BCUT2D eigenvalue weighted by Crippen LogP contribution is -2.19. The van der Waals surface area contributed by atoms with E-state index in [0.717, 1.165) is 15.9 Å². The monoisotopic (exact) mass is 304 g/mol. The molecule has 0 aliphatic rings. The molecule has 0 amide bonds. The third-order valence-corrected chi connectivity index (χ3v) is 3.50. The first-order chi connectivity index (χ1) is 7.54. The van der Waals surface area contributed by atoms with Crippen molar-refractivity contribution in [1.82, 2.24) is 0 Å². The average molecular weight is 306 g/mol. The molecule has 0 aliphatic carbocycles. The zero-order valence-electron chi connectivity index (χ0n) is 9.91. The molecule has 0 bridgehead atoms. The molecule has 0 heterocycles. The summed E-state index contributed by atoms with van der Waals surface area (Å²) in [6.45, 7) is 6.42. The Morgan fingerprint density at radius 2 is 2.00 bits per heavy atom. The maximum atomic E-state index is 6.00. The summed E-state index contributed by atoms with van der Waals surface area (Å²) in [6, 6.07) is 7.84. The van der Waals surface area contributed by atoms with E-state index in [1.54, 1.807) is 0 Å². The van der Waals surface area contributed by atoms with Gasteiger partial charge < -0.3 is 4.74 Å². The van der Waals surface area contributed by atoms with E-state index in [9.17, 15) is 0 Å². The first-order valence-corrected chi connectivity index (χ1v) is 7.01. The Morgan fingerprint density at radius 3 is 2.50 bits per heavy atom. The predicted octanol–water partition coefficient (Wildman–Crippen LogP) is 4.84. The Hall–Kier alpha value is -0.0500. The van der Waals surface area contributed by atoms with Crippen LogP contribution in [0.25, 0.3) is 0 Å². The van der Waals surface area contributed by atoms with Crippen molar-refractivity contribution in [3.63, 3.8) is 0 Å². The molecule has 1 aromatic rings. The fourth-order valence-electron chi connectivity index (χ4n) is 1.33. The lowest BCUT2D eigenvalue weighted by Gasteiger charge is -2.23. The summed E-state index contributed by atoms with van der Waals surface area (Å²) in [7, 11) is 0. The Bertz CT molecular complexity index is 327. The zero-order chi connectivity index (χ0) is 12.1. The van der Waals surface area contributed by atoms with Gasteiger partial charge in [-0.1, -0.05) is 53.5 Å². The molecule has 16 heavy (non-hydrogen) atoms. The molecule has 2 atom stereocenters. The number of hydrogen-bond acceptors (Lipinski definition) is 1. The minimum absolute atomic E-state index is 0.0658. The van der Waals surface area contributed by atoms with Crippen LogP contribution in [-0.2, 0) is 4.74 Å². The smallest absolute Gasteiger partial charge is 0.0925 e. The van der Waals surface area contributed by atoms with E-state index in [2.05, 4.69) is 36.7 Å². The number of hydrogen-bond donors (Lipinski definition) is 0. The summed E-state index contributed by atoms with van der Waals surface area (Å²) in [4.78, 5) is 0. The Kier molecular flexibility index (Phi) is 5.81. The highest BCUT2D eigenvalue weighted by molar-refractivity contribution is 9.09. The van der Waals surface area contributed by atoms with Crippen molar-refractivity contribution in [3.8, 4) is 0 Å². The largest absolute Gasteiger partial charge is 0.369 e. The maximum Gasteiger partial charge on any atom is 0.0925 e. The second-order valence-corrected chi connectivity index (χ2v) is 5.37. The van der Waals surface area contributed by atoms with Gasteiger partial charge in [-0.3, -0.25) is 0 Å². The van der Waals surface area contributed by atoms with Crippen LogP contribution in [0.4, 0.5) is 0 Å². The van der Waals surface area contributed by atoms with Crippen LogP contribution in [0.2, 0.25) is 5.02 Å². The van der Waals surface area contributed by atoms with Gasteiger partial charge >= 0.3 is 0 Å². The van der Waals surface area contributed by atoms with E-state index in [1.807, 2.05) is 24.3 Å². The standard InChI is InChI=1S/C13H18BrClO/c1-9(2)10(3)16-13(8-14)11-5-4-6-12(15)7-11/h4-7,9-10,13H,8H2,1-3H3. The number of alkyl halides is 1. The van der Waals surface area contributed by atoms with Crippen molar-refractivity contribution in [2.75, 3.05) is 5.33 Å². The summed E-state index contributed by atoms with van der Waals surface area (Å²) < 4.78 is 6.00. The van der Waals surface area contributed by atoms with Crippen LogP contribution in [0.15, 0.2) is 24.3 Å². The van der Waals surface area contributed by atoms with Crippen LogP contribution in [0.1, 0.15) is 32.4 Å². The van der Waals surface area contributed by atoms with Crippen molar-refractivity contribution in [2.45, 2.75) is 33.0 Å². The molecule has 0 spiro atoms. The molecule has 0 saturated heterocycles. The van der Waals surface area contributed by atoms with Gasteiger partial charge in [0.1, 0.15) is 0 Å². The normalized spacial score (nSPS) is 15.1.